The lowest BCUT2D eigenvalue weighted by molar-refractivity contribution is 0.431. The second kappa shape index (κ2) is 6.06. The Bertz CT molecular complexity index is 971. The van der Waals surface area contributed by atoms with Crippen LogP contribution < -0.4 is 5.56 Å². The van der Waals surface area contributed by atoms with Crippen LogP contribution in [0.3, 0.4) is 0 Å². The van der Waals surface area contributed by atoms with Crippen molar-refractivity contribution in [1.29, 1.82) is 0 Å². The fourth-order valence-electron chi connectivity index (χ4n) is 2.35. The van der Waals surface area contributed by atoms with Crippen molar-refractivity contribution in [2.45, 2.75) is 0 Å². The van der Waals surface area contributed by atoms with E-state index in [1.54, 1.807) is 18.2 Å². The van der Waals surface area contributed by atoms with Crippen LogP contribution >= 0.6 is 12.2 Å². The first kappa shape index (κ1) is 15.0. The molecule has 0 unspecified atom stereocenters. The summed E-state index contributed by atoms with van der Waals surface area (Å²) in [5, 5.41) is 10.2. The van der Waals surface area contributed by atoms with Crippen molar-refractivity contribution in [2.24, 2.45) is 0 Å². The third kappa shape index (κ3) is 2.74. The van der Waals surface area contributed by atoms with Crippen LogP contribution in [-0.4, -0.2) is 14.2 Å². The van der Waals surface area contributed by atoms with Crippen molar-refractivity contribution >= 4 is 18.3 Å². The van der Waals surface area contributed by atoms with E-state index in [2.05, 4.69) is 6.58 Å². The summed E-state index contributed by atoms with van der Waals surface area (Å²) in [4.78, 5) is 12.3. The van der Waals surface area contributed by atoms with Gasteiger partial charge < -0.3 is 5.11 Å². The van der Waals surface area contributed by atoms with Crippen LogP contribution in [0.4, 0.5) is 0 Å². The van der Waals surface area contributed by atoms with Crippen molar-refractivity contribution in [1.82, 2.24) is 9.13 Å². The van der Waals surface area contributed by atoms with Gasteiger partial charge in [0.1, 0.15) is 0 Å². The maximum Gasteiger partial charge on any atom is 0.262 e. The van der Waals surface area contributed by atoms with Crippen molar-refractivity contribution in [2.75, 3.05) is 0 Å². The molecule has 0 aliphatic heterocycles. The summed E-state index contributed by atoms with van der Waals surface area (Å²) in [6, 6.07) is 17.6. The van der Waals surface area contributed by atoms with E-state index in [4.69, 9.17) is 12.2 Å². The Hall–Kier alpha value is -2.92. The number of para-hydroxylation sites is 1. The fourth-order valence-corrected chi connectivity index (χ4v) is 2.74. The van der Waals surface area contributed by atoms with Crippen molar-refractivity contribution < 1.29 is 5.11 Å². The minimum atomic E-state index is -0.377. The summed E-state index contributed by atoms with van der Waals surface area (Å²) in [5.74, 6) is -0.196. The Morgan fingerprint density at radius 2 is 1.57 bits per heavy atom. The third-order valence-corrected chi connectivity index (χ3v) is 3.85. The zero-order chi connectivity index (χ0) is 16.4. The normalized spacial score (nSPS) is 10.4. The molecule has 23 heavy (non-hydrogen) atoms. The minimum absolute atomic E-state index is 0.196. The summed E-state index contributed by atoms with van der Waals surface area (Å²) < 4.78 is 3.04. The molecular formula is C18H14N2O2S. The van der Waals surface area contributed by atoms with Gasteiger partial charge in [-0.05, 0) is 42.0 Å². The Labute approximate surface area is 138 Å². The lowest BCUT2D eigenvalue weighted by atomic mass is 10.2. The van der Waals surface area contributed by atoms with Gasteiger partial charge in [-0.3, -0.25) is 13.9 Å². The van der Waals surface area contributed by atoms with Crippen molar-refractivity contribution in [3.63, 3.8) is 0 Å². The van der Waals surface area contributed by atoms with E-state index in [0.29, 0.717) is 11.4 Å². The van der Waals surface area contributed by atoms with Gasteiger partial charge in [-0.1, -0.05) is 43.0 Å². The Kier molecular flexibility index (Phi) is 3.95. The van der Waals surface area contributed by atoms with E-state index in [1.165, 1.54) is 9.13 Å². The first-order chi connectivity index (χ1) is 11.1. The predicted octanol–water partition coefficient (Wildman–Crippen LogP) is 3.71. The SMILES string of the molecule is C=Cc1ccc(-n2c(O)cc(=O)n(-c3ccccc3)c2=S)cc1. The highest BCUT2D eigenvalue weighted by Crippen LogP contribution is 2.19. The van der Waals surface area contributed by atoms with Gasteiger partial charge in [0.25, 0.3) is 5.56 Å². The summed E-state index contributed by atoms with van der Waals surface area (Å²) in [6.45, 7) is 3.71. The first-order valence-electron chi connectivity index (χ1n) is 6.98. The second-order valence-electron chi connectivity index (χ2n) is 4.93. The molecule has 5 heteroatoms. The molecule has 3 rings (SSSR count). The predicted molar refractivity (Wildman–Crippen MR) is 94.0 cm³/mol. The molecule has 1 aromatic heterocycles. The molecule has 1 heterocycles. The zero-order valence-electron chi connectivity index (χ0n) is 12.2. The van der Waals surface area contributed by atoms with E-state index in [0.717, 1.165) is 11.6 Å². The van der Waals surface area contributed by atoms with Gasteiger partial charge >= 0.3 is 0 Å². The molecule has 1 N–H and O–H groups in total. The molecule has 0 radical (unpaired) electrons. The maximum atomic E-state index is 12.3. The van der Waals surface area contributed by atoms with Gasteiger partial charge in [0.2, 0.25) is 5.88 Å². The summed E-state index contributed by atoms with van der Waals surface area (Å²) in [6.07, 6.45) is 1.73. The summed E-state index contributed by atoms with van der Waals surface area (Å²) in [5.41, 5.74) is 1.90. The molecule has 0 bridgehead atoms. The van der Waals surface area contributed by atoms with Gasteiger partial charge in [-0.15, -0.1) is 0 Å². The Morgan fingerprint density at radius 3 is 2.17 bits per heavy atom. The molecule has 2 aromatic carbocycles. The van der Waals surface area contributed by atoms with Gasteiger partial charge in [0.05, 0.1) is 17.4 Å². The molecule has 0 aliphatic carbocycles. The average Bonchev–Trinajstić information content (AvgIpc) is 2.56. The largest absolute Gasteiger partial charge is 0.494 e. The molecule has 0 aliphatic rings. The number of nitrogens with zero attached hydrogens (tertiary/aromatic N) is 2. The Balaban J connectivity index is 2.28. The smallest absolute Gasteiger partial charge is 0.262 e. The maximum absolute atomic E-state index is 12.3. The monoisotopic (exact) mass is 322 g/mol. The highest BCUT2D eigenvalue weighted by Gasteiger charge is 2.11. The molecule has 114 valence electrons. The molecule has 0 amide bonds. The molecule has 3 aromatic rings. The molecule has 0 spiro atoms. The molecule has 0 atom stereocenters. The van der Waals surface area contributed by atoms with Crippen LogP contribution in [-0.2, 0) is 0 Å². The van der Waals surface area contributed by atoms with Gasteiger partial charge in [0, 0.05) is 0 Å². The van der Waals surface area contributed by atoms with Crippen LogP contribution in [0.15, 0.2) is 72.0 Å². The van der Waals surface area contributed by atoms with E-state index in [-0.39, 0.29) is 16.2 Å². The summed E-state index contributed by atoms with van der Waals surface area (Å²) >= 11 is 5.44. The minimum Gasteiger partial charge on any atom is -0.494 e. The fraction of sp³-hybridized carbons (Fsp3) is 0. The van der Waals surface area contributed by atoms with Crippen LogP contribution in [0.1, 0.15) is 5.56 Å². The lowest BCUT2D eigenvalue weighted by Crippen LogP contribution is -2.22. The third-order valence-electron chi connectivity index (χ3n) is 3.49. The quantitative estimate of drug-likeness (QED) is 0.748. The molecule has 0 fully saturated rings. The molecule has 4 nitrogen and oxygen atoms in total. The number of hydrogen-bond donors (Lipinski definition) is 1. The highest BCUT2D eigenvalue weighted by atomic mass is 32.1. The van der Waals surface area contributed by atoms with Crippen LogP contribution in [0.25, 0.3) is 17.5 Å². The lowest BCUT2D eigenvalue weighted by Gasteiger charge is -2.14. The first-order valence-corrected chi connectivity index (χ1v) is 7.39. The number of benzene rings is 2. The van der Waals surface area contributed by atoms with Gasteiger partial charge in [0.15, 0.2) is 4.77 Å². The number of aromatic nitrogens is 2. The van der Waals surface area contributed by atoms with E-state index in [1.807, 2.05) is 42.5 Å². The molecular weight excluding hydrogens is 308 g/mol. The topological polar surface area (TPSA) is 47.2 Å². The van der Waals surface area contributed by atoms with Crippen LogP contribution in [0.2, 0.25) is 0 Å². The number of aromatic hydroxyl groups is 1. The summed E-state index contributed by atoms with van der Waals surface area (Å²) in [7, 11) is 0. The average molecular weight is 322 g/mol. The van der Waals surface area contributed by atoms with E-state index < -0.39 is 0 Å². The van der Waals surface area contributed by atoms with Crippen LogP contribution in [0, 0.1) is 4.77 Å². The Morgan fingerprint density at radius 1 is 0.957 bits per heavy atom. The molecule has 0 saturated heterocycles. The zero-order valence-corrected chi connectivity index (χ0v) is 13.0. The van der Waals surface area contributed by atoms with Gasteiger partial charge in [-0.25, -0.2) is 0 Å². The van der Waals surface area contributed by atoms with Gasteiger partial charge in [-0.2, -0.15) is 0 Å². The number of rotatable bonds is 3. The van der Waals surface area contributed by atoms with Crippen LogP contribution in [0.5, 0.6) is 5.88 Å². The van der Waals surface area contributed by atoms with Crippen molar-refractivity contribution in [3.8, 4) is 17.3 Å². The standard InChI is InChI=1S/C18H14N2O2S/c1-2-13-8-10-15(11-9-13)20-17(22)12-16(21)19(18(20)23)14-6-4-3-5-7-14/h2-12,22H,1H2. The second-order valence-corrected chi connectivity index (χ2v) is 5.29. The number of hydrogen-bond acceptors (Lipinski definition) is 3. The van der Waals surface area contributed by atoms with E-state index in [9.17, 15) is 9.90 Å². The molecule has 0 saturated carbocycles. The van der Waals surface area contributed by atoms with E-state index >= 15 is 0 Å². The highest BCUT2D eigenvalue weighted by molar-refractivity contribution is 7.71. The van der Waals surface area contributed by atoms with Crippen molar-refractivity contribution in [3.05, 3.63) is 87.9 Å².